The summed E-state index contributed by atoms with van der Waals surface area (Å²) in [6, 6.07) is 4.80. The second kappa shape index (κ2) is 8.12. The van der Waals surface area contributed by atoms with Crippen molar-refractivity contribution in [2.45, 2.75) is 33.6 Å². The van der Waals surface area contributed by atoms with Crippen LogP contribution in [0.5, 0.6) is 0 Å². The van der Waals surface area contributed by atoms with Crippen LogP contribution in [-0.2, 0) is 16.0 Å². The highest BCUT2D eigenvalue weighted by atomic mass is 35.5. The van der Waals surface area contributed by atoms with Gasteiger partial charge in [0.05, 0.1) is 16.8 Å². The first-order chi connectivity index (χ1) is 13.2. The van der Waals surface area contributed by atoms with E-state index < -0.39 is 0 Å². The van der Waals surface area contributed by atoms with Gasteiger partial charge in [0.1, 0.15) is 10.7 Å². The lowest BCUT2D eigenvalue weighted by Crippen LogP contribution is -2.17. The Balaban J connectivity index is 1.73. The van der Waals surface area contributed by atoms with Crippen LogP contribution in [0.15, 0.2) is 23.0 Å². The van der Waals surface area contributed by atoms with Crippen LogP contribution in [-0.4, -0.2) is 21.8 Å². The maximum Gasteiger partial charge on any atom is 0.259 e. The third kappa shape index (κ3) is 4.40. The average molecular weight is 419 g/mol. The van der Waals surface area contributed by atoms with Gasteiger partial charge in [0, 0.05) is 29.7 Å². The molecular formula is C19H19ClN4O3S. The molecule has 0 saturated heterocycles. The topological polar surface area (TPSA) is 104 Å². The molecule has 0 atom stereocenters. The number of thiophene rings is 1. The van der Waals surface area contributed by atoms with Gasteiger partial charge < -0.3 is 15.6 Å². The second-order valence-electron chi connectivity index (χ2n) is 6.40. The number of benzene rings is 1. The molecule has 0 spiro atoms. The SMILES string of the molecule is CC(=O)Nc1ccc(Cl)cc1NC(=O)CCc1nc2sc(C)c(C)c2c(=O)[nH]1. The number of hydrogen-bond acceptors (Lipinski definition) is 5. The van der Waals surface area contributed by atoms with E-state index in [4.69, 9.17) is 11.6 Å². The highest BCUT2D eigenvalue weighted by Crippen LogP contribution is 2.27. The molecule has 0 saturated carbocycles. The lowest BCUT2D eigenvalue weighted by atomic mass is 10.2. The smallest absolute Gasteiger partial charge is 0.259 e. The van der Waals surface area contributed by atoms with Gasteiger partial charge in [0.2, 0.25) is 11.8 Å². The van der Waals surface area contributed by atoms with Gasteiger partial charge in [-0.1, -0.05) is 11.6 Å². The fraction of sp³-hybridized carbons (Fsp3) is 0.263. The summed E-state index contributed by atoms with van der Waals surface area (Å²) in [6.07, 6.45) is 0.396. The molecule has 0 fully saturated rings. The van der Waals surface area contributed by atoms with E-state index in [0.717, 1.165) is 10.4 Å². The number of nitrogens with one attached hydrogen (secondary N) is 3. The molecule has 3 aromatic rings. The largest absolute Gasteiger partial charge is 0.325 e. The summed E-state index contributed by atoms with van der Waals surface area (Å²) in [5.41, 5.74) is 1.62. The van der Waals surface area contributed by atoms with Crippen molar-refractivity contribution in [1.29, 1.82) is 0 Å². The molecule has 0 unspecified atom stereocenters. The van der Waals surface area contributed by atoms with Gasteiger partial charge in [-0.3, -0.25) is 14.4 Å². The van der Waals surface area contributed by atoms with Crippen LogP contribution in [0, 0.1) is 13.8 Å². The molecule has 0 aliphatic heterocycles. The molecule has 2 heterocycles. The van der Waals surface area contributed by atoms with Gasteiger partial charge in [-0.2, -0.15) is 0 Å². The zero-order valence-corrected chi connectivity index (χ0v) is 17.2. The minimum atomic E-state index is -0.282. The van der Waals surface area contributed by atoms with E-state index in [1.165, 1.54) is 18.3 Å². The highest BCUT2D eigenvalue weighted by molar-refractivity contribution is 7.18. The standard InChI is InChI=1S/C19H19ClN4O3S/c1-9-10(2)28-19-17(9)18(27)23-15(24-19)6-7-16(26)22-14-8-12(20)4-5-13(14)21-11(3)25/h4-5,8H,6-7H2,1-3H3,(H,21,25)(H,22,26)(H,23,24,27). The summed E-state index contributed by atoms with van der Waals surface area (Å²) in [5.74, 6) is -0.0772. The van der Waals surface area contributed by atoms with Crippen LogP contribution in [0.4, 0.5) is 11.4 Å². The molecule has 1 aromatic carbocycles. The van der Waals surface area contributed by atoms with E-state index in [2.05, 4.69) is 20.6 Å². The number of H-pyrrole nitrogens is 1. The van der Waals surface area contributed by atoms with Gasteiger partial charge in [0.15, 0.2) is 0 Å². The first-order valence-corrected chi connectivity index (χ1v) is 9.80. The van der Waals surface area contributed by atoms with Crippen molar-refractivity contribution in [3.63, 3.8) is 0 Å². The molecule has 2 amide bonds. The Morgan fingerprint density at radius 1 is 1.21 bits per heavy atom. The lowest BCUT2D eigenvalue weighted by Gasteiger charge is -2.12. The lowest BCUT2D eigenvalue weighted by molar-refractivity contribution is -0.116. The Bertz CT molecular complexity index is 1140. The maximum atomic E-state index is 12.4. The van der Waals surface area contributed by atoms with Crippen LogP contribution in [0.25, 0.3) is 10.2 Å². The van der Waals surface area contributed by atoms with Gasteiger partial charge >= 0.3 is 0 Å². The highest BCUT2D eigenvalue weighted by Gasteiger charge is 2.14. The van der Waals surface area contributed by atoms with Gasteiger partial charge in [-0.05, 0) is 37.6 Å². The Morgan fingerprint density at radius 2 is 1.96 bits per heavy atom. The number of carbonyl (C=O) groups excluding carboxylic acids is 2. The fourth-order valence-electron chi connectivity index (χ4n) is 2.78. The number of hydrogen-bond donors (Lipinski definition) is 3. The van der Waals surface area contributed by atoms with Crippen molar-refractivity contribution in [2.75, 3.05) is 10.6 Å². The molecular weight excluding hydrogens is 400 g/mol. The van der Waals surface area contributed by atoms with Crippen molar-refractivity contribution in [1.82, 2.24) is 9.97 Å². The summed E-state index contributed by atoms with van der Waals surface area (Å²) in [7, 11) is 0. The van der Waals surface area contributed by atoms with Crippen molar-refractivity contribution < 1.29 is 9.59 Å². The number of anilines is 2. The third-order valence-corrected chi connectivity index (χ3v) is 5.58. The van der Waals surface area contributed by atoms with E-state index in [9.17, 15) is 14.4 Å². The molecule has 28 heavy (non-hydrogen) atoms. The molecule has 3 N–H and O–H groups in total. The van der Waals surface area contributed by atoms with E-state index in [1.54, 1.807) is 18.2 Å². The number of nitrogens with zero attached hydrogens (tertiary/aromatic N) is 1. The molecule has 7 nitrogen and oxygen atoms in total. The van der Waals surface area contributed by atoms with Crippen LogP contribution in [0.1, 0.15) is 29.6 Å². The summed E-state index contributed by atoms with van der Waals surface area (Å²) in [5, 5.41) is 6.42. The number of aryl methyl sites for hydroxylation is 3. The second-order valence-corrected chi connectivity index (χ2v) is 8.03. The molecule has 0 aliphatic carbocycles. The van der Waals surface area contributed by atoms with Crippen LogP contribution in [0.2, 0.25) is 5.02 Å². The Kier molecular flexibility index (Phi) is 5.81. The number of carbonyl (C=O) groups is 2. The number of aromatic nitrogens is 2. The predicted molar refractivity (Wildman–Crippen MR) is 112 cm³/mol. The monoisotopic (exact) mass is 418 g/mol. The molecule has 9 heteroatoms. The van der Waals surface area contributed by atoms with Crippen molar-refractivity contribution in [2.24, 2.45) is 0 Å². The third-order valence-electron chi connectivity index (χ3n) is 4.24. The summed E-state index contributed by atoms with van der Waals surface area (Å²) in [6.45, 7) is 5.23. The van der Waals surface area contributed by atoms with Crippen molar-refractivity contribution >= 4 is 56.3 Å². The first-order valence-electron chi connectivity index (χ1n) is 8.60. The Morgan fingerprint density at radius 3 is 2.68 bits per heavy atom. The summed E-state index contributed by atoms with van der Waals surface area (Å²) >= 11 is 7.45. The van der Waals surface area contributed by atoms with Crippen LogP contribution < -0.4 is 16.2 Å². The van der Waals surface area contributed by atoms with Gasteiger partial charge in [0.25, 0.3) is 5.56 Å². The van der Waals surface area contributed by atoms with Crippen LogP contribution in [0.3, 0.4) is 0 Å². The molecule has 0 bridgehead atoms. The molecule has 0 radical (unpaired) electrons. The minimum absolute atomic E-state index is 0.115. The average Bonchev–Trinajstić information content (AvgIpc) is 2.90. The number of rotatable bonds is 5. The number of fused-ring (bicyclic) bond motifs is 1. The summed E-state index contributed by atoms with van der Waals surface area (Å²) in [4.78, 5) is 44.9. The molecule has 146 valence electrons. The molecule has 2 aromatic heterocycles. The van der Waals surface area contributed by atoms with E-state index >= 15 is 0 Å². The zero-order chi connectivity index (χ0) is 20.4. The Hall–Kier alpha value is -2.71. The van der Waals surface area contributed by atoms with Gasteiger partial charge in [-0.15, -0.1) is 11.3 Å². The Labute approximate surface area is 170 Å². The van der Waals surface area contributed by atoms with Crippen molar-refractivity contribution in [3.8, 4) is 0 Å². The summed E-state index contributed by atoms with van der Waals surface area (Å²) < 4.78 is 0. The minimum Gasteiger partial charge on any atom is -0.325 e. The normalized spacial score (nSPS) is 10.9. The predicted octanol–water partition coefficient (Wildman–Crippen LogP) is 3.78. The maximum absolute atomic E-state index is 12.4. The van der Waals surface area contributed by atoms with E-state index in [0.29, 0.717) is 32.4 Å². The van der Waals surface area contributed by atoms with Gasteiger partial charge in [-0.25, -0.2) is 4.98 Å². The van der Waals surface area contributed by atoms with Crippen molar-refractivity contribution in [3.05, 3.63) is 49.8 Å². The zero-order valence-electron chi connectivity index (χ0n) is 15.6. The fourth-order valence-corrected chi connectivity index (χ4v) is 4.00. The quantitative estimate of drug-likeness (QED) is 0.586. The van der Waals surface area contributed by atoms with E-state index in [1.807, 2.05) is 13.8 Å². The molecule has 3 rings (SSSR count). The number of aromatic amines is 1. The van der Waals surface area contributed by atoms with Crippen LogP contribution >= 0.6 is 22.9 Å². The first kappa shape index (κ1) is 20.0. The van der Waals surface area contributed by atoms with E-state index in [-0.39, 0.29) is 30.2 Å². The number of amides is 2. The molecule has 0 aliphatic rings. The number of halogens is 1.